The quantitative estimate of drug-likeness (QED) is 0.489. The van der Waals surface area contributed by atoms with Gasteiger partial charge in [-0.1, -0.05) is 19.1 Å². The Labute approximate surface area is 199 Å². The second kappa shape index (κ2) is 12.5. The molecule has 2 amide bonds. The van der Waals surface area contributed by atoms with Gasteiger partial charge in [0.1, 0.15) is 17.7 Å². The molecule has 1 N–H and O–H groups in total. The minimum atomic E-state index is -3.66. The fourth-order valence-electron chi connectivity index (χ4n) is 3.61. The zero-order valence-corrected chi connectivity index (χ0v) is 20.4. The number of hydrogen-bond acceptors (Lipinski definition) is 4. The fourth-order valence-corrected chi connectivity index (χ4v) is 4.57. The van der Waals surface area contributed by atoms with E-state index in [-0.39, 0.29) is 37.7 Å². The van der Waals surface area contributed by atoms with Crippen LogP contribution in [0.25, 0.3) is 0 Å². The molecular formula is C24H31F2N3O4S. The van der Waals surface area contributed by atoms with Crippen molar-refractivity contribution in [2.75, 3.05) is 23.7 Å². The van der Waals surface area contributed by atoms with Crippen molar-refractivity contribution in [1.29, 1.82) is 0 Å². The summed E-state index contributed by atoms with van der Waals surface area (Å²) in [6.45, 7) is 4.12. The Bertz CT molecular complexity index is 1060. The number of benzene rings is 2. The first-order valence-corrected chi connectivity index (χ1v) is 13.0. The summed E-state index contributed by atoms with van der Waals surface area (Å²) in [7, 11) is -3.66. The second-order valence-electron chi connectivity index (χ2n) is 7.88. The number of carbonyl (C=O) groups is 2. The van der Waals surface area contributed by atoms with Crippen LogP contribution in [0.1, 0.15) is 38.7 Å². The van der Waals surface area contributed by atoms with Gasteiger partial charge in [0.15, 0.2) is 0 Å². The molecule has 0 aliphatic rings. The van der Waals surface area contributed by atoms with Crippen molar-refractivity contribution < 1.29 is 26.8 Å². The Balaban J connectivity index is 2.18. The summed E-state index contributed by atoms with van der Waals surface area (Å²) in [6.07, 6.45) is 1.60. The lowest BCUT2D eigenvalue weighted by molar-refractivity contribution is -0.141. The molecule has 0 bridgehead atoms. The molecule has 0 aliphatic heterocycles. The maximum Gasteiger partial charge on any atom is 0.242 e. The smallest absolute Gasteiger partial charge is 0.242 e. The highest BCUT2D eigenvalue weighted by atomic mass is 32.2. The SMILES string of the molecule is CCNC(=O)[C@@H](CC)N(Cc1ccc(F)cc1)C(=O)CCCN(c1ccc(F)cc1)S(C)(=O)=O. The molecule has 34 heavy (non-hydrogen) atoms. The first-order valence-electron chi connectivity index (χ1n) is 11.1. The van der Waals surface area contributed by atoms with Crippen molar-refractivity contribution >= 4 is 27.5 Å². The van der Waals surface area contributed by atoms with Gasteiger partial charge in [-0.15, -0.1) is 0 Å². The summed E-state index contributed by atoms with van der Waals surface area (Å²) in [5.74, 6) is -1.50. The van der Waals surface area contributed by atoms with Crippen LogP contribution in [0.3, 0.4) is 0 Å². The van der Waals surface area contributed by atoms with Crippen LogP contribution in [0, 0.1) is 11.6 Å². The standard InChI is InChI=1S/C24H31F2N3O4S/c1-4-22(24(31)27-5-2)28(17-18-8-10-19(25)11-9-18)23(30)7-6-16-29(34(3,32)33)21-14-12-20(26)13-15-21/h8-15,22H,4-7,16-17H2,1-3H3,(H,27,31)/t22-/m1/s1. The molecule has 0 fully saturated rings. The van der Waals surface area contributed by atoms with Gasteiger partial charge in [0.25, 0.3) is 0 Å². The van der Waals surface area contributed by atoms with E-state index in [0.29, 0.717) is 24.2 Å². The molecule has 2 rings (SSSR count). The van der Waals surface area contributed by atoms with E-state index in [0.717, 1.165) is 10.6 Å². The first-order chi connectivity index (χ1) is 16.1. The number of likely N-dealkylation sites (N-methyl/N-ethyl adjacent to an activating group) is 1. The maximum atomic E-state index is 13.3. The minimum Gasteiger partial charge on any atom is -0.355 e. The normalized spacial score (nSPS) is 12.1. The van der Waals surface area contributed by atoms with Crippen LogP contribution in [-0.4, -0.2) is 50.5 Å². The predicted octanol–water partition coefficient (Wildman–Crippen LogP) is 3.45. The average molecular weight is 496 g/mol. The van der Waals surface area contributed by atoms with Gasteiger partial charge in [0, 0.05) is 26.1 Å². The number of amides is 2. The van der Waals surface area contributed by atoms with Gasteiger partial charge in [-0.2, -0.15) is 0 Å². The van der Waals surface area contributed by atoms with Crippen LogP contribution in [0.15, 0.2) is 48.5 Å². The topological polar surface area (TPSA) is 86.8 Å². The van der Waals surface area contributed by atoms with Crippen molar-refractivity contribution in [3.8, 4) is 0 Å². The third-order valence-corrected chi connectivity index (χ3v) is 6.46. The Morgan fingerprint density at radius 1 is 0.971 bits per heavy atom. The average Bonchev–Trinajstić information content (AvgIpc) is 2.78. The fraction of sp³-hybridized carbons (Fsp3) is 0.417. The van der Waals surface area contributed by atoms with Crippen molar-refractivity contribution in [1.82, 2.24) is 10.2 Å². The molecule has 0 saturated carbocycles. The lowest BCUT2D eigenvalue weighted by Crippen LogP contribution is -2.49. The molecule has 10 heteroatoms. The van der Waals surface area contributed by atoms with E-state index in [1.807, 2.05) is 0 Å². The van der Waals surface area contributed by atoms with Gasteiger partial charge >= 0.3 is 0 Å². The molecule has 186 valence electrons. The molecular weight excluding hydrogens is 464 g/mol. The number of hydrogen-bond donors (Lipinski definition) is 1. The number of halogens is 2. The number of anilines is 1. The van der Waals surface area contributed by atoms with Crippen LogP contribution in [0.5, 0.6) is 0 Å². The summed E-state index contributed by atoms with van der Waals surface area (Å²) < 4.78 is 52.2. The van der Waals surface area contributed by atoms with Gasteiger partial charge in [-0.25, -0.2) is 17.2 Å². The molecule has 0 aromatic heterocycles. The highest BCUT2D eigenvalue weighted by molar-refractivity contribution is 7.92. The van der Waals surface area contributed by atoms with E-state index in [4.69, 9.17) is 0 Å². The van der Waals surface area contributed by atoms with Gasteiger partial charge in [0.05, 0.1) is 11.9 Å². The molecule has 0 spiro atoms. The van der Waals surface area contributed by atoms with Crippen molar-refractivity contribution in [2.45, 2.75) is 45.7 Å². The van der Waals surface area contributed by atoms with Crippen LogP contribution in [0.2, 0.25) is 0 Å². The Morgan fingerprint density at radius 2 is 1.53 bits per heavy atom. The molecule has 0 saturated heterocycles. The predicted molar refractivity (Wildman–Crippen MR) is 128 cm³/mol. The number of nitrogens with one attached hydrogen (secondary N) is 1. The molecule has 7 nitrogen and oxygen atoms in total. The highest BCUT2D eigenvalue weighted by Gasteiger charge is 2.28. The summed E-state index contributed by atoms with van der Waals surface area (Å²) in [5, 5.41) is 2.74. The monoisotopic (exact) mass is 495 g/mol. The zero-order chi connectivity index (χ0) is 25.3. The summed E-state index contributed by atoms with van der Waals surface area (Å²) in [6, 6.07) is 10.0. The van der Waals surface area contributed by atoms with E-state index < -0.39 is 27.7 Å². The van der Waals surface area contributed by atoms with Crippen molar-refractivity contribution in [3.05, 3.63) is 65.7 Å². The lowest BCUT2D eigenvalue weighted by atomic mass is 10.1. The lowest BCUT2D eigenvalue weighted by Gasteiger charge is -2.31. The van der Waals surface area contributed by atoms with Gasteiger partial charge < -0.3 is 10.2 Å². The van der Waals surface area contributed by atoms with Crippen LogP contribution in [0.4, 0.5) is 14.5 Å². The van der Waals surface area contributed by atoms with E-state index in [1.165, 1.54) is 41.3 Å². The zero-order valence-electron chi connectivity index (χ0n) is 19.6. The van der Waals surface area contributed by atoms with Crippen LogP contribution >= 0.6 is 0 Å². The summed E-state index contributed by atoms with van der Waals surface area (Å²) in [5.41, 5.74) is 0.967. The molecule has 2 aromatic carbocycles. The molecule has 0 unspecified atom stereocenters. The van der Waals surface area contributed by atoms with Crippen molar-refractivity contribution in [3.63, 3.8) is 0 Å². The Morgan fingerprint density at radius 3 is 2.03 bits per heavy atom. The Kier molecular flexibility index (Phi) is 9.97. The number of sulfonamides is 1. The van der Waals surface area contributed by atoms with Crippen LogP contribution in [-0.2, 0) is 26.2 Å². The third kappa shape index (κ3) is 7.79. The van der Waals surface area contributed by atoms with Crippen LogP contribution < -0.4 is 9.62 Å². The third-order valence-electron chi connectivity index (χ3n) is 5.27. The van der Waals surface area contributed by atoms with E-state index in [2.05, 4.69) is 5.32 Å². The largest absolute Gasteiger partial charge is 0.355 e. The maximum absolute atomic E-state index is 13.3. The van der Waals surface area contributed by atoms with Gasteiger partial charge in [0.2, 0.25) is 21.8 Å². The van der Waals surface area contributed by atoms with E-state index in [1.54, 1.807) is 26.0 Å². The van der Waals surface area contributed by atoms with E-state index in [9.17, 15) is 26.8 Å². The molecule has 0 heterocycles. The Hall–Kier alpha value is -3.01. The molecule has 2 aromatic rings. The minimum absolute atomic E-state index is 0.00961. The second-order valence-corrected chi connectivity index (χ2v) is 9.79. The number of carbonyl (C=O) groups excluding carboxylic acids is 2. The number of rotatable bonds is 12. The summed E-state index contributed by atoms with van der Waals surface area (Å²) >= 11 is 0. The highest BCUT2D eigenvalue weighted by Crippen LogP contribution is 2.20. The molecule has 1 atom stereocenters. The number of nitrogens with zero attached hydrogens (tertiary/aromatic N) is 2. The van der Waals surface area contributed by atoms with Gasteiger partial charge in [-0.3, -0.25) is 13.9 Å². The molecule has 0 radical (unpaired) electrons. The first kappa shape index (κ1) is 27.2. The van der Waals surface area contributed by atoms with Gasteiger partial charge in [-0.05, 0) is 61.7 Å². The van der Waals surface area contributed by atoms with Crippen molar-refractivity contribution in [2.24, 2.45) is 0 Å². The molecule has 0 aliphatic carbocycles. The van der Waals surface area contributed by atoms with E-state index >= 15 is 0 Å². The summed E-state index contributed by atoms with van der Waals surface area (Å²) in [4.78, 5) is 27.2.